The van der Waals surface area contributed by atoms with Crippen LogP contribution in [0.25, 0.3) is 0 Å². The molecule has 2 rings (SSSR count). The number of hydrogen-bond donors (Lipinski definition) is 0. The van der Waals surface area contributed by atoms with Crippen LogP contribution in [0.1, 0.15) is 30.6 Å². The quantitative estimate of drug-likeness (QED) is 0.737. The summed E-state index contributed by atoms with van der Waals surface area (Å²) >= 11 is 11.1. The van der Waals surface area contributed by atoms with Gasteiger partial charge >= 0.3 is 0 Å². The standard InChI is InChI=1S/C12H17BrClNO2S2/c1-8-11(7-12(13)18-8)19(16,17)15(2)10-6-4-3-5-9(10)14/h7,9-10H,3-6H2,1-2H3. The largest absolute Gasteiger partial charge is 0.244 e. The molecule has 3 nitrogen and oxygen atoms in total. The van der Waals surface area contributed by atoms with E-state index in [0.717, 1.165) is 34.3 Å². The van der Waals surface area contributed by atoms with Crippen molar-refractivity contribution < 1.29 is 8.42 Å². The van der Waals surface area contributed by atoms with E-state index in [-0.39, 0.29) is 11.4 Å². The lowest BCUT2D eigenvalue weighted by Crippen LogP contribution is -2.44. The third kappa shape index (κ3) is 3.18. The van der Waals surface area contributed by atoms with Gasteiger partial charge < -0.3 is 0 Å². The first-order valence-corrected chi connectivity index (χ1v) is 9.70. The number of halogens is 2. The van der Waals surface area contributed by atoms with Crippen LogP contribution in [0.5, 0.6) is 0 Å². The molecule has 7 heteroatoms. The second-order valence-electron chi connectivity index (χ2n) is 4.86. The molecule has 108 valence electrons. The zero-order valence-corrected chi connectivity index (χ0v) is 14.9. The van der Waals surface area contributed by atoms with Crippen molar-refractivity contribution in [3.8, 4) is 0 Å². The summed E-state index contributed by atoms with van der Waals surface area (Å²) in [5.74, 6) is 0. The van der Waals surface area contributed by atoms with Gasteiger partial charge in [0, 0.05) is 18.0 Å². The lowest BCUT2D eigenvalue weighted by molar-refractivity contribution is 0.291. The zero-order valence-electron chi connectivity index (χ0n) is 10.9. The topological polar surface area (TPSA) is 37.4 Å². The number of aryl methyl sites for hydroxylation is 1. The second kappa shape index (κ2) is 6.02. The summed E-state index contributed by atoms with van der Waals surface area (Å²) in [6.45, 7) is 1.83. The molecule has 0 N–H and O–H groups in total. The van der Waals surface area contributed by atoms with Crippen molar-refractivity contribution in [2.75, 3.05) is 7.05 Å². The molecule has 0 amide bonds. The van der Waals surface area contributed by atoms with Gasteiger partial charge in [-0.25, -0.2) is 8.42 Å². The van der Waals surface area contributed by atoms with Crippen LogP contribution in [-0.2, 0) is 10.0 Å². The number of thiophene rings is 1. The Morgan fingerprint density at radius 1 is 1.42 bits per heavy atom. The van der Waals surface area contributed by atoms with Gasteiger partial charge in [-0.2, -0.15) is 4.31 Å². The number of nitrogens with zero attached hydrogens (tertiary/aromatic N) is 1. The van der Waals surface area contributed by atoms with Crippen LogP contribution in [0.3, 0.4) is 0 Å². The molecule has 1 saturated carbocycles. The number of alkyl halides is 1. The van der Waals surface area contributed by atoms with E-state index in [0.29, 0.717) is 4.90 Å². The number of hydrogen-bond acceptors (Lipinski definition) is 3. The smallest absolute Gasteiger partial charge is 0.207 e. The van der Waals surface area contributed by atoms with Crippen LogP contribution >= 0.6 is 38.9 Å². The van der Waals surface area contributed by atoms with E-state index in [4.69, 9.17) is 11.6 Å². The molecule has 0 spiro atoms. The average molecular weight is 387 g/mol. The molecule has 2 unspecified atom stereocenters. The van der Waals surface area contributed by atoms with Crippen molar-refractivity contribution in [1.82, 2.24) is 4.31 Å². The fourth-order valence-electron chi connectivity index (χ4n) is 2.50. The van der Waals surface area contributed by atoms with E-state index in [1.807, 2.05) is 6.92 Å². The van der Waals surface area contributed by atoms with Crippen LogP contribution in [0.4, 0.5) is 0 Å². The molecule has 1 aliphatic carbocycles. The molecule has 0 aromatic carbocycles. The lowest BCUT2D eigenvalue weighted by atomic mass is 9.95. The first-order valence-electron chi connectivity index (χ1n) is 6.22. The maximum Gasteiger partial charge on any atom is 0.244 e. The third-order valence-corrected chi connectivity index (χ3v) is 7.81. The number of rotatable bonds is 3. The van der Waals surface area contributed by atoms with Crippen LogP contribution < -0.4 is 0 Å². The summed E-state index contributed by atoms with van der Waals surface area (Å²) in [5.41, 5.74) is 0. The van der Waals surface area contributed by atoms with Crippen molar-refractivity contribution in [3.63, 3.8) is 0 Å². The monoisotopic (exact) mass is 385 g/mol. The first-order chi connectivity index (χ1) is 8.84. The molecular weight excluding hydrogens is 370 g/mol. The highest BCUT2D eigenvalue weighted by atomic mass is 79.9. The molecule has 2 atom stereocenters. The Labute approximate surface area is 132 Å². The average Bonchev–Trinajstić information content (AvgIpc) is 2.69. The summed E-state index contributed by atoms with van der Waals surface area (Å²) in [6, 6.07) is 1.58. The van der Waals surface area contributed by atoms with Crippen LogP contribution in [0, 0.1) is 6.92 Å². The highest BCUT2D eigenvalue weighted by Crippen LogP contribution is 2.34. The Hall–Kier alpha value is 0.380. The minimum absolute atomic E-state index is 0.0871. The van der Waals surface area contributed by atoms with Gasteiger partial charge in [0.05, 0.1) is 14.1 Å². The van der Waals surface area contributed by atoms with Gasteiger partial charge in [-0.15, -0.1) is 22.9 Å². The van der Waals surface area contributed by atoms with Crippen molar-refractivity contribution in [1.29, 1.82) is 0 Å². The lowest BCUT2D eigenvalue weighted by Gasteiger charge is -2.34. The Balaban J connectivity index is 2.31. The Morgan fingerprint density at radius 3 is 2.58 bits per heavy atom. The molecular formula is C12H17BrClNO2S2. The molecule has 19 heavy (non-hydrogen) atoms. The normalized spacial score (nSPS) is 24.9. The van der Waals surface area contributed by atoms with Gasteiger partial charge in [-0.05, 0) is 41.8 Å². The van der Waals surface area contributed by atoms with E-state index >= 15 is 0 Å². The fraction of sp³-hybridized carbons (Fsp3) is 0.667. The molecule has 1 aliphatic rings. The van der Waals surface area contributed by atoms with Crippen molar-refractivity contribution >= 4 is 48.9 Å². The summed E-state index contributed by atoms with van der Waals surface area (Å²) < 4.78 is 27.6. The molecule has 0 radical (unpaired) electrons. The maximum atomic E-state index is 12.7. The highest BCUT2D eigenvalue weighted by molar-refractivity contribution is 9.11. The fourth-order valence-corrected chi connectivity index (χ4v) is 6.81. The predicted octanol–water partition coefficient (Wildman–Crippen LogP) is 3.99. The molecule has 0 aliphatic heterocycles. The van der Waals surface area contributed by atoms with Crippen LogP contribution in [0.15, 0.2) is 14.7 Å². The van der Waals surface area contributed by atoms with Crippen LogP contribution in [0.2, 0.25) is 0 Å². The third-order valence-electron chi connectivity index (χ3n) is 3.61. The Bertz CT molecular complexity index is 558. The van der Waals surface area contributed by atoms with Gasteiger partial charge in [-0.3, -0.25) is 0 Å². The highest BCUT2D eigenvalue weighted by Gasteiger charge is 2.35. The van der Waals surface area contributed by atoms with Crippen molar-refractivity contribution in [3.05, 3.63) is 14.7 Å². The van der Waals surface area contributed by atoms with E-state index in [1.165, 1.54) is 15.6 Å². The Kier molecular flexibility index (Phi) is 4.99. The first kappa shape index (κ1) is 15.8. The SMILES string of the molecule is Cc1sc(Br)cc1S(=O)(=O)N(C)C1CCCCC1Cl. The minimum Gasteiger partial charge on any atom is -0.207 e. The van der Waals surface area contributed by atoms with Gasteiger partial charge in [0.25, 0.3) is 0 Å². The molecule has 1 aromatic rings. The predicted molar refractivity (Wildman–Crippen MR) is 83.6 cm³/mol. The summed E-state index contributed by atoms with van der Waals surface area (Å²) in [7, 11) is -1.81. The molecule has 0 bridgehead atoms. The van der Waals surface area contributed by atoms with E-state index in [2.05, 4.69) is 15.9 Å². The Morgan fingerprint density at radius 2 is 2.05 bits per heavy atom. The number of sulfonamides is 1. The maximum absolute atomic E-state index is 12.7. The van der Waals surface area contributed by atoms with Gasteiger partial charge in [-0.1, -0.05) is 12.8 Å². The van der Waals surface area contributed by atoms with Crippen molar-refractivity contribution in [2.45, 2.75) is 48.9 Å². The van der Waals surface area contributed by atoms with E-state index in [1.54, 1.807) is 13.1 Å². The summed E-state index contributed by atoms with van der Waals surface area (Å²) in [6.07, 6.45) is 3.86. The summed E-state index contributed by atoms with van der Waals surface area (Å²) in [4.78, 5) is 1.20. The van der Waals surface area contributed by atoms with E-state index in [9.17, 15) is 8.42 Å². The van der Waals surface area contributed by atoms with Crippen molar-refractivity contribution in [2.24, 2.45) is 0 Å². The molecule has 1 fully saturated rings. The van der Waals surface area contributed by atoms with Gasteiger partial charge in [0.1, 0.15) is 0 Å². The summed E-state index contributed by atoms with van der Waals surface area (Å²) in [5, 5.41) is -0.0871. The molecule has 0 saturated heterocycles. The van der Waals surface area contributed by atoms with Gasteiger partial charge in [0.15, 0.2) is 0 Å². The van der Waals surface area contributed by atoms with Gasteiger partial charge in [0.2, 0.25) is 10.0 Å². The van der Waals surface area contributed by atoms with E-state index < -0.39 is 10.0 Å². The van der Waals surface area contributed by atoms with Crippen LogP contribution in [-0.4, -0.2) is 31.2 Å². The minimum atomic E-state index is -3.45. The molecule has 1 aromatic heterocycles. The second-order valence-corrected chi connectivity index (χ2v) is 10.0. The molecule has 1 heterocycles. The zero-order chi connectivity index (χ0) is 14.2.